The van der Waals surface area contributed by atoms with E-state index in [0.717, 1.165) is 37.4 Å². The van der Waals surface area contributed by atoms with Crippen molar-refractivity contribution in [3.05, 3.63) is 24.3 Å². The molecule has 3 heteroatoms. The zero-order valence-electron chi connectivity index (χ0n) is 9.33. The predicted molar refractivity (Wildman–Crippen MR) is 64.4 cm³/mol. The fraction of sp³-hybridized carbons (Fsp3) is 0.500. The molecule has 0 fully saturated rings. The van der Waals surface area contributed by atoms with Gasteiger partial charge in [0.15, 0.2) is 0 Å². The summed E-state index contributed by atoms with van der Waals surface area (Å²) in [7, 11) is 0. The number of nitrogens with two attached hydrogens (primary N) is 1. The number of rotatable bonds is 7. The van der Waals surface area contributed by atoms with E-state index in [1.807, 2.05) is 31.2 Å². The van der Waals surface area contributed by atoms with Crippen LogP contribution in [-0.4, -0.2) is 19.7 Å². The number of unbranched alkanes of at least 4 members (excludes halogenated alkanes) is 1. The van der Waals surface area contributed by atoms with E-state index in [1.54, 1.807) is 0 Å². The summed E-state index contributed by atoms with van der Waals surface area (Å²) in [5.41, 5.74) is 6.53. The minimum atomic E-state index is 0.705. The van der Waals surface area contributed by atoms with Crippen molar-refractivity contribution in [2.45, 2.75) is 19.8 Å². The van der Waals surface area contributed by atoms with Crippen LogP contribution in [0.5, 0.6) is 5.75 Å². The highest BCUT2D eigenvalue weighted by Gasteiger charge is 1.95. The van der Waals surface area contributed by atoms with Crippen LogP contribution in [0.2, 0.25) is 0 Å². The summed E-state index contributed by atoms with van der Waals surface area (Å²) in [6.07, 6.45) is 2.17. The number of hydrogen-bond donors (Lipinski definition) is 2. The van der Waals surface area contributed by atoms with Gasteiger partial charge in [-0.1, -0.05) is 6.07 Å². The molecule has 0 spiro atoms. The summed E-state index contributed by atoms with van der Waals surface area (Å²) in [6.45, 7) is 4.42. The minimum Gasteiger partial charge on any atom is -0.494 e. The maximum absolute atomic E-state index is 5.42. The van der Waals surface area contributed by atoms with Crippen molar-refractivity contribution in [3.8, 4) is 5.75 Å². The summed E-state index contributed by atoms with van der Waals surface area (Å²) in [5, 5.41) is 3.34. The molecule has 0 bridgehead atoms. The average Bonchev–Trinajstić information content (AvgIpc) is 2.26. The topological polar surface area (TPSA) is 47.3 Å². The number of ether oxygens (including phenoxy) is 1. The quantitative estimate of drug-likeness (QED) is 0.675. The van der Waals surface area contributed by atoms with Gasteiger partial charge in [-0.25, -0.2) is 0 Å². The lowest BCUT2D eigenvalue weighted by Gasteiger charge is -2.08. The van der Waals surface area contributed by atoms with Crippen LogP contribution < -0.4 is 15.8 Å². The van der Waals surface area contributed by atoms with Gasteiger partial charge >= 0.3 is 0 Å². The molecule has 15 heavy (non-hydrogen) atoms. The third-order valence-corrected chi connectivity index (χ3v) is 2.11. The second kappa shape index (κ2) is 7.12. The molecule has 0 heterocycles. The number of benzene rings is 1. The van der Waals surface area contributed by atoms with Gasteiger partial charge in [0.05, 0.1) is 6.61 Å². The van der Waals surface area contributed by atoms with Crippen LogP contribution in [-0.2, 0) is 0 Å². The fourth-order valence-electron chi connectivity index (χ4n) is 1.36. The predicted octanol–water partition coefficient (Wildman–Crippen LogP) is 2.24. The number of anilines is 1. The Morgan fingerprint density at radius 3 is 2.93 bits per heavy atom. The Bertz CT molecular complexity index is 276. The molecule has 0 atom stereocenters. The van der Waals surface area contributed by atoms with Crippen LogP contribution in [0.1, 0.15) is 19.8 Å². The summed E-state index contributed by atoms with van der Waals surface area (Å²) >= 11 is 0. The zero-order valence-corrected chi connectivity index (χ0v) is 9.33. The fourth-order valence-corrected chi connectivity index (χ4v) is 1.36. The zero-order chi connectivity index (χ0) is 10.9. The van der Waals surface area contributed by atoms with E-state index >= 15 is 0 Å². The van der Waals surface area contributed by atoms with Gasteiger partial charge in [-0.2, -0.15) is 0 Å². The standard InChI is InChI=1S/C12H20N2O/c1-2-15-12-7-5-6-11(10-12)14-9-4-3-8-13/h5-7,10,14H,2-4,8-9,13H2,1H3. The molecule has 0 aliphatic rings. The van der Waals surface area contributed by atoms with Gasteiger partial charge in [-0.15, -0.1) is 0 Å². The molecule has 1 aromatic carbocycles. The van der Waals surface area contributed by atoms with Gasteiger partial charge in [0.25, 0.3) is 0 Å². The lowest BCUT2D eigenvalue weighted by molar-refractivity contribution is 0.340. The molecule has 3 N–H and O–H groups in total. The van der Waals surface area contributed by atoms with Gasteiger partial charge < -0.3 is 15.8 Å². The molecule has 0 amide bonds. The van der Waals surface area contributed by atoms with Crippen LogP contribution in [0.15, 0.2) is 24.3 Å². The van der Waals surface area contributed by atoms with E-state index in [4.69, 9.17) is 10.5 Å². The first-order valence-corrected chi connectivity index (χ1v) is 5.53. The van der Waals surface area contributed by atoms with E-state index < -0.39 is 0 Å². The minimum absolute atomic E-state index is 0.705. The molecule has 0 aliphatic heterocycles. The molecule has 0 aromatic heterocycles. The van der Waals surface area contributed by atoms with E-state index in [0.29, 0.717) is 6.61 Å². The average molecular weight is 208 g/mol. The first-order chi connectivity index (χ1) is 7.36. The molecule has 0 unspecified atom stereocenters. The SMILES string of the molecule is CCOc1cccc(NCCCCN)c1. The van der Waals surface area contributed by atoms with Gasteiger partial charge in [0.2, 0.25) is 0 Å². The molecule has 0 aliphatic carbocycles. The van der Waals surface area contributed by atoms with Crippen molar-refractivity contribution in [1.29, 1.82) is 0 Å². The summed E-state index contributed by atoms with van der Waals surface area (Å²) < 4.78 is 5.41. The van der Waals surface area contributed by atoms with E-state index in [-0.39, 0.29) is 0 Å². The first-order valence-electron chi connectivity index (χ1n) is 5.53. The van der Waals surface area contributed by atoms with Gasteiger partial charge in [0.1, 0.15) is 5.75 Å². The number of nitrogens with one attached hydrogen (secondary N) is 1. The number of hydrogen-bond acceptors (Lipinski definition) is 3. The normalized spacial score (nSPS) is 10.0. The van der Waals surface area contributed by atoms with Crippen molar-refractivity contribution >= 4 is 5.69 Å². The van der Waals surface area contributed by atoms with Crippen molar-refractivity contribution in [3.63, 3.8) is 0 Å². The maximum Gasteiger partial charge on any atom is 0.121 e. The molecular weight excluding hydrogens is 188 g/mol. The Balaban J connectivity index is 2.36. The lowest BCUT2D eigenvalue weighted by atomic mass is 10.2. The third-order valence-electron chi connectivity index (χ3n) is 2.11. The summed E-state index contributed by atoms with van der Waals surface area (Å²) in [6, 6.07) is 8.03. The molecule has 0 saturated carbocycles. The van der Waals surface area contributed by atoms with E-state index in [1.165, 1.54) is 0 Å². The Morgan fingerprint density at radius 1 is 1.33 bits per heavy atom. The highest BCUT2D eigenvalue weighted by molar-refractivity contribution is 5.48. The molecule has 0 radical (unpaired) electrons. The second-order valence-electron chi connectivity index (χ2n) is 3.38. The Morgan fingerprint density at radius 2 is 2.20 bits per heavy atom. The van der Waals surface area contributed by atoms with Crippen molar-refractivity contribution in [2.24, 2.45) is 5.73 Å². The van der Waals surface area contributed by atoms with Crippen molar-refractivity contribution in [2.75, 3.05) is 25.0 Å². The summed E-state index contributed by atoms with van der Waals surface area (Å²) in [4.78, 5) is 0. The van der Waals surface area contributed by atoms with Crippen LogP contribution >= 0.6 is 0 Å². The van der Waals surface area contributed by atoms with Crippen LogP contribution in [0.4, 0.5) is 5.69 Å². The largest absolute Gasteiger partial charge is 0.494 e. The van der Waals surface area contributed by atoms with Crippen molar-refractivity contribution < 1.29 is 4.74 Å². The van der Waals surface area contributed by atoms with Gasteiger partial charge in [-0.3, -0.25) is 0 Å². The molecule has 3 nitrogen and oxygen atoms in total. The van der Waals surface area contributed by atoms with Gasteiger partial charge in [0, 0.05) is 18.3 Å². The van der Waals surface area contributed by atoms with Crippen LogP contribution in [0.3, 0.4) is 0 Å². The highest BCUT2D eigenvalue weighted by atomic mass is 16.5. The summed E-state index contributed by atoms with van der Waals surface area (Å²) in [5.74, 6) is 0.918. The van der Waals surface area contributed by atoms with Crippen molar-refractivity contribution in [1.82, 2.24) is 0 Å². The molecule has 1 rings (SSSR count). The Hall–Kier alpha value is -1.22. The first kappa shape index (κ1) is 11.9. The monoisotopic (exact) mass is 208 g/mol. The lowest BCUT2D eigenvalue weighted by Crippen LogP contribution is -2.05. The van der Waals surface area contributed by atoms with Crippen LogP contribution in [0.25, 0.3) is 0 Å². The van der Waals surface area contributed by atoms with E-state index in [9.17, 15) is 0 Å². The molecule has 1 aromatic rings. The highest BCUT2D eigenvalue weighted by Crippen LogP contribution is 2.17. The second-order valence-corrected chi connectivity index (χ2v) is 3.38. The molecule has 84 valence electrons. The van der Waals surface area contributed by atoms with E-state index in [2.05, 4.69) is 5.32 Å². The maximum atomic E-state index is 5.42. The molecule has 0 saturated heterocycles. The van der Waals surface area contributed by atoms with Crippen LogP contribution in [0, 0.1) is 0 Å². The Labute approximate surface area is 91.6 Å². The smallest absolute Gasteiger partial charge is 0.121 e. The molecular formula is C12H20N2O. The third kappa shape index (κ3) is 4.70. The Kier molecular flexibility index (Phi) is 5.63. The van der Waals surface area contributed by atoms with Gasteiger partial charge in [-0.05, 0) is 38.4 Å².